The summed E-state index contributed by atoms with van der Waals surface area (Å²) in [5.41, 5.74) is 0.435. The largest absolute Gasteiger partial charge is 0.476 e. The number of hydrogen-bond acceptors (Lipinski definition) is 5. The molecule has 0 amide bonds. The molecule has 2 heterocycles. The quantitative estimate of drug-likeness (QED) is 0.912. The summed E-state index contributed by atoms with van der Waals surface area (Å²) in [4.78, 5) is 23.0. The molecule has 1 aromatic heterocycles. The van der Waals surface area contributed by atoms with E-state index in [9.17, 15) is 9.18 Å². The van der Waals surface area contributed by atoms with Gasteiger partial charge in [0, 0.05) is 43.3 Å². The van der Waals surface area contributed by atoms with E-state index in [4.69, 9.17) is 16.7 Å². The van der Waals surface area contributed by atoms with Crippen molar-refractivity contribution in [3.63, 3.8) is 0 Å². The van der Waals surface area contributed by atoms with Crippen molar-refractivity contribution in [1.29, 1.82) is 0 Å². The molecule has 126 valence electrons. The average Bonchev–Trinajstić information content (AvgIpc) is 2.59. The minimum atomic E-state index is -1.10. The van der Waals surface area contributed by atoms with E-state index in [1.165, 1.54) is 18.5 Å². The van der Waals surface area contributed by atoms with E-state index in [0.29, 0.717) is 36.0 Å². The number of aromatic carboxylic acids is 1. The third-order valence-corrected chi connectivity index (χ3v) is 4.35. The number of halogens is 2. The van der Waals surface area contributed by atoms with Gasteiger partial charge in [-0.3, -0.25) is 4.90 Å². The van der Waals surface area contributed by atoms with Gasteiger partial charge >= 0.3 is 5.97 Å². The summed E-state index contributed by atoms with van der Waals surface area (Å²) in [5, 5.41) is 9.28. The lowest BCUT2D eigenvalue weighted by molar-refractivity contribution is 0.0690. The Morgan fingerprint density at radius 1 is 1.21 bits per heavy atom. The highest BCUT2D eigenvalue weighted by Crippen LogP contribution is 2.22. The molecule has 1 aliphatic heterocycles. The molecule has 1 N–H and O–H groups in total. The number of carboxylic acids is 1. The van der Waals surface area contributed by atoms with Crippen LogP contribution in [-0.2, 0) is 6.54 Å². The second-order valence-electron chi connectivity index (χ2n) is 5.53. The van der Waals surface area contributed by atoms with Crippen molar-refractivity contribution in [2.45, 2.75) is 6.54 Å². The van der Waals surface area contributed by atoms with E-state index in [2.05, 4.69) is 14.9 Å². The van der Waals surface area contributed by atoms with Crippen LogP contribution in [0.4, 0.5) is 10.2 Å². The van der Waals surface area contributed by atoms with Crippen LogP contribution < -0.4 is 4.90 Å². The number of anilines is 1. The van der Waals surface area contributed by atoms with Gasteiger partial charge in [0.05, 0.1) is 12.4 Å². The molecule has 2 aromatic rings. The Bertz CT molecular complexity index is 713. The molecule has 0 unspecified atom stereocenters. The van der Waals surface area contributed by atoms with Crippen molar-refractivity contribution in [2.75, 3.05) is 31.1 Å². The Labute approximate surface area is 143 Å². The van der Waals surface area contributed by atoms with Gasteiger partial charge in [-0.2, -0.15) is 0 Å². The van der Waals surface area contributed by atoms with Crippen LogP contribution in [0, 0.1) is 5.82 Å². The Morgan fingerprint density at radius 2 is 1.96 bits per heavy atom. The highest BCUT2D eigenvalue weighted by molar-refractivity contribution is 6.31. The number of rotatable bonds is 4. The summed E-state index contributed by atoms with van der Waals surface area (Å²) in [6.45, 7) is 3.32. The normalized spacial score (nSPS) is 15.5. The molecule has 1 aliphatic rings. The number of hydrogen-bond donors (Lipinski definition) is 1. The molecule has 0 spiro atoms. The van der Waals surface area contributed by atoms with Crippen LogP contribution in [0.2, 0.25) is 5.02 Å². The first kappa shape index (κ1) is 16.6. The molecule has 0 saturated carbocycles. The third kappa shape index (κ3) is 3.63. The van der Waals surface area contributed by atoms with Gasteiger partial charge in [0.15, 0.2) is 5.69 Å². The van der Waals surface area contributed by atoms with Crippen LogP contribution >= 0.6 is 11.6 Å². The summed E-state index contributed by atoms with van der Waals surface area (Å²) in [6.07, 6.45) is 2.72. The zero-order valence-electron chi connectivity index (χ0n) is 12.8. The maximum Gasteiger partial charge on any atom is 0.356 e. The predicted molar refractivity (Wildman–Crippen MR) is 87.9 cm³/mol. The molecule has 24 heavy (non-hydrogen) atoms. The number of nitrogens with zero attached hydrogens (tertiary/aromatic N) is 4. The van der Waals surface area contributed by atoms with E-state index in [1.807, 2.05) is 4.90 Å². The first-order chi connectivity index (χ1) is 11.5. The summed E-state index contributed by atoms with van der Waals surface area (Å²) in [7, 11) is 0. The molecule has 8 heteroatoms. The number of piperazine rings is 1. The molecule has 1 aromatic carbocycles. The zero-order valence-corrected chi connectivity index (χ0v) is 13.6. The Hall–Kier alpha value is -2.25. The number of carbonyl (C=O) groups is 1. The Kier molecular flexibility index (Phi) is 4.92. The van der Waals surface area contributed by atoms with E-state index in [-0.39, 0.29) is 11.5 Å². The molecular weight excluding hydrogens is 335 g/mol. The summed E-state index contributed by atoms with van der Waals surface area (Å²) in [5.74, 6) is -0.746. The molecule has 6 nitrogen and oxygen atoms in total. The fraction of sp³-hybridized carbons (Fsp3) is 0.312. The maximum atomic E-state index is 13.9. The van der Waals surface area contributed by atoms with Crippen LogP contribution in [0.1, 0.15) is 16.1 Å². The van der Waals surface area contributed by atoms with Crippen molar-refractivity contribution in [2.24, 2.45) is 0 Å². The Morgan fingerprint density at radius 3 is 2.54 bits per heavy atom. The van der Waals surface area contributed by atoms with Gasteiger partial charge in [-0.05, 0) is 12.1 Å². The van der Waals surface area contributed by atoms with Crippen LogP contribution in [0.15, 0.2) is 30.6 Å². The zero-order chi connectivity index (χ0) is 17.1. The molecule has 1 saturated heterocycles. The lowest BCUT2D eigenvalue weighted by atomic mass is 10.2. The van der Waals surface area contributed by atoms with Crippen LogP contribution in [0.3, 0.4) is 0 Å². The van der Waals surface area contributed by atoms with Gasteiger partial charge in [0.2, 0.25) is 0 Å². The lowest BCUT2D eigenvalue weighted by Gasteiger charge is -2.35. The molecule has 3 rings (SSSR count). The van der Waals surface area contributed by atoms with E-state index in [1.54, 1.807) is 12.1 Å². The van der Waals surface area contributed by atoms with Gasteiger partial charge in [-0.15, -0.1) is 0 Å². The lowest BCUT2D eigenvalue weighted by Crippen LogP contribution is -2.46. The van der Waals surface area contributed by atoms with Crippen molar-refractivity contribution < 1.29 is 14.3 Å². The van der Waals surface area contributed by atoms with E-state index in [0.717, 1.165) is 13.1 Å². The van der Waals surface area contributed by atoms with Crippen molar-refractivity contribution in [1.82, 2.24) is 14.9 Å². The first-order valence-corrected chi connectivity index (χ1v) is 7.88. The van der Waals surface area contributed by atoms with Gasteiger partial charge in [-0.1, -0.05) is 17.7 Å². The molecular formula is C16H16ClFN4O2. The third-order valence-electron chi connectivity index (χ3n) is 4.00. The fourth-order valence-electron chi connectivity index (χ4n) is 2.64. The molecule has 0 aliphatic carbocycles. The molecule has 1 fully saturated rings. The first-order valence-electron chi connectivity index (χ1n) is 7.50. The standard InChI is InChI=1S/C16H16ClFN4O2/c17-12-2-1-3-13(18)11(12)10-21-4-6-22(7-5-21)15-9-19-14(8-20-15)16(23)24/h1-3,8-9H,4-7,10H2,(H,23,24). The minimum absolute atomic E-state index is 0.0772. The van der Waals surface area contributed by atoms with Gasteiger partial charge < -0.3 is 10.0 Å². The second kappa shape index (κ2) is 7.11. The van der Waals surface area contributed by atoms with Gasteiger partial charge in [0.25, 0.3) is 0 Å². The van der Waals surface area contributed by atoms with Crippen molar-refractivity contribution in [3.8, 4) is 0 Å². The van der Waals surface area contributed by atoms with Crippen molar-refractivity contribution in [3.05, 3.63) is 52.7 Å². The fourth-order valence-corrected chi connectivity index (χ4v) is 2.86. The smallest absolute Gasteiger partial charge is 0.356 e. The Balaban J connectivity index is 1.60. The minimum Gasteiger partial charge on any atom is -0.476 e. The van der Waals surface area contributed by atoms with E-state index < -0.39 is 5.97 Å². The molecule has 0 atom stereocenters. The van der Waals surface area contributed by atoms with Gasteiger partial charge in [-0.25, -0.2) is 19.2 Å². The highest BCUT2D eigenvalue weighted by Gasteiger charge is 2.20. The monoisotopic (exact) mass is 350 g/mol. The summed E-state index contributed by atoms with van der Waals surface area (Å²) >= 11 is 6.07. The van der Waals surface area contributed by atoms with Crippen LogP contribution in [0.25, 0.3) is 0 Å². The van der Waals surface area contributed by atoms with E-state index >= 15 is 0 Å². The second-order valence-corrected chi connectivity index (χ2v) is 5.94. The van der Waals surface area contributed by atoms with Crippen LogP contribution in [0.5, 0.6) is 0 Å². The summed E-state index contributed by atoms with van der Waals surface area (Å²) in [6, 6.07) is 4.70. The predicted octanol–water partition coefficient (Wildman–Crippen LogP) is 2.29. The SMILES string of the molecule is O=C(O)c1cnc(N2CCN(Cc3c(F)cccc3Cl)CC2)cn1. The van der Waals surface area contributed by atoms with Crippen LogP contribution in [-0.4, -0.2) is 52.1 Å². The highest BCUT2D eigenvalue weighted by atomic mass is 35.5. The molecule has 0 bridgehead atoms. The van der Waals surface area contributed by atoms with Crippen molar-refractivity contribution >= 4 is 23.4 Å². The number of aromatic nitrogens is 2. The topological polar surface area (TPSA) is 69.6 Å². The molecule has 0 radical (unpaired) electrons. The average molecular weight is 351 g/mol. The van der Waals surface area contributed by atoms with Gasteiger partial charge in [0.1, 0.15) is 11.6 Å². The number of carboxylic acid groups (broad SMARTS) is 1. The maximum absolute atomic E-state index is 13.9. The number of benzene rings is 1. The summed E-state index contributed by atoms with van der Waals surface area (Å²) < 4.78 is 13.9.